The zero-order chi connectivity index (χ0) is 12.3. The van der Waals surface area contributed by atoms with E-state index < -0.39 is 0 Å². The van der Waals surface area contributed by atoms with Gasteiger partial charge < -0.3 is 14.5 Å². The lowest BCUT2D eigenvalue weighted by Crippen LogP contribution is -2.18. The van der Waals surface area contributed by atoms with Crippen molar-refractivity contribution in [3.8, 4) is 0 Å². The normalized spacial score (nSPS) is 10.7. The highest BCUT2D eigenvalue weighted by Gasteiger charge is 2.06. The molecule has 0 fully saturated rings. The molecule has 1 aromatic carbocycles. The third-order valence-corrected chi connectivity index (χ3v) is 2.22. The molecule has 0 bridgehead atoms. The standard InChI is InChI=1S/C12H14N2O3/c1-3-16-7-12(15)14-9-4-5-10-11(6-9)17-8(2)13-10/h4-6H,3,7H2,1-2H3,(H,14,15). The number of carbonyl (C=O) groups is 1. The van der Waals surface area contributed by atoms with Crippen LogP contribution in [-0.4, -0.2) is 24.1 Å². The smallest absolute Gasteiger partial charge is 0.250 e. The number of nitrogens with zero attached hydrogens (tertiary/aromatic N) is 1. The van der Waals surface area contributed by atoms with Crippen LogP contribution in [0.3, 0.4) is 0 Å². The number of aryl methyl sites for hydroxylation is 1. The van der Waals surface area contributed by atoms with Gasteiger partial charge in [-0.1, -0.05) is 0 Å². The lowest BCUT2D eigenvalue weighted by atomic mass is 10.3. The Morgan fingerprint density at radius 2 is 2.35 bits per heavy atom. The van der Waals surface area contributed by atoms with Gasteiger partial charge in [0.2, 0.25) is 5.91 Å². The molecule has 0 unspecified atom stereocenters. The second-order valence-electron chi connectivity index (χ2n) is 3.60. The van der Waals surface area contributed by atoms with Gasteiger partial charge in [0, 0.05) is 25.3 Å². The largest absolute Gasteiger partial charge is 0.441 e. The number of aromatic nitrogens is 1. The van der Waals surface area contributed by atoms with Gasteiger partial charge in [-0.3, -0.25) is 4.79 Å². The number of anilines is 1. The summed E-state index contributed by atoms with van der Waals surface area (Å²) in [4.78, 5) is 15.6. The molecular weight excluding hydrogens is 220 g/mol. The molecular formula is C12H14N2O3. The van der Waals surface area contributed by atoms with Gasteiger partial charge in [-0.2, -0.15) is 0 Å². The molecule has 1 amide bonds. The first-order valence-corrected chi connectivity index (χ1v) is 5.44. The maximum atomic E-state index is 11.4. The number of benzene rings is 1. The predicted molar refractivity (Wildman–Crippen MR) is 63.9 cm³/mol. The van der Waals surface area contributed by atoms with Gasteiger partial charge in [0.15, 0.2) is 11.5 Å². The summed E-state index contributed by atoms with van der Waals surface area (Å²) in [6, 6.07) is 5.34. The van der Waals surface area contributed by atoms with Crippen LogP contribution in [0, 0.1) is 6.92 Å². The van der Waals surface area contributed by atoms with Crippen LogP contribution in [0.5, 0.6) is 0 Å². The Balaban J connectivity index is 2.10. The van der Waals surface area contributed by atoms with E-state index in [1.54, 1.807) is 19.1 Å². The fourth-order valence-electron chi connectivity index (χ4n) is 1.51. The third kappa shape index (κ3) is 2.82. The van der Waals surface area contributed by atoms with Crippen molar-refractivity contribution in [3.05, 3.63) is 24.1 Å². The average molecular weight is 234 g/mol. The van der Waals surface area contributed by atoms with Gasteiger partial charge in [-0.25, -0.2) is 4.98 Å². The number of carbonyl (C=O) groups excluding carboxylic acids is 1. The summed E-state index contributed by atoms with van der Waals surface area (Å²) in [5.41, 5.74) is 2.13. The molecule has 0 saturated carbocycles. The van der Waals surface area contributed by atoms with E-state index in [0.29, 0.717) is 23.8 Å². The van der Waals surface area contributed by atoms with Gasteiger partial charge >= 0.3 is 0 Å². The minimum atomic E-state index is -0.178. The predicted octanol–water partition coefficient (Wildman–Crippen LogP) is 2.11. The second kappa shape index (κ2) is 4.97. The second-order valence-corrected chi connectivity index (χ2v) is 3.60. The number of ether oxygens (including phenoxy) is 1. The van der Waals surface area contributed by atoms with Crippen molar-refractivity contribution >= 4 is 22.7 Å². The van der Waals surface area contributed by atoms with E-state index in [2.05, 4.69) is 10.3 Å². The van der Waals surface area contributed by atoms with Crippen LogP contribution in [0.1, 0.15) is 12.8 Å². The molecule has 90 valence electrons. The van der Waals surface area contributed by atoms with Crippen molar-refractivity contribution in [2.75, 3.05) is 18.5 Å². The molecule has 0 spiro atoms. The van der Waals surface area contributed by atoms with Crippen molar-refractivity contribution in [1.29, 1.82) is 0 Å². The number of fused-ring (bicyclic) bond motifs is 1. The highest BCUT2D eigenvalue weighted by atomic mass is 16.5. The highest BCUT2D eigenvalue weighted by molar-refractivity contribution is 5.93. The molecule has 2 rings (SSSR count). The van der Waals surface area contributed by atoms with E-state index in [0.717, 1.165) is 5.52 Å². The average Bonchev–Trinajstić information content (AvgIpc) is 2.65. The Morgan fingerprint density at radius 3 is 3.12 bits per heavy atom. The molecule has 0 aliphatic heterocycles. The Morgan fingerprint density at radius 1 is 1.53 bits per heavy atom. The maximum absolute atomic E-state index is 11.4. The number of oxazole rings is 1. The minimum Gasteiger partial charge on any atom is -0.441 e. The molecule has 1 heterocycles. The van der Waals surface area contributed by atoms with Gasteiger partial charge in [0.25, 0.3) is 0 Å². The first-order chi connectivity index (χ1) is 8.19. The summed E-state index contributed by atoms with van der Waals surface area (Å²) >= 11 is 0. The van der Waals surface area contributed by atoms with Crippen molar-refractivity contribution in [2.45, 2.75) is 13.8 Å². The molecule has 1 aromatic heterocycles. The zero-order valence-corrected chi connectivity index (χ0v) is 9.82. The summed E-state index contributed by atoms with van der Waals surface area (Å²) in [7, 11) is 0. The van der Waals surface area contributed by atoms with Gasteiger partial charge in [0.05, 0.1) is 0 Å². The zero-order valence-electron chi connectivity index (χ0n) is 9.82. The lowest BCUT2D eigenvalue weighted by molar-refractivity contribution is -0.120. The SMILES string of the molecule is CCOCC(=O)Nc1ccc2nc(C)oc2c1. The first-order valence-electron chi connectivity index (χ1n) is 5.44. The van der Waals surface area contributed by atoms with Crippen LogP contribution in [0.25, 0.3) is 11.1 Å². The molecule has 0 radical (unpaired) electrons. The Hall–Kier alpha value is -1.88. The monoisotopic (exact) mass is 234 g/mol. The minimum absolute atomic E-state index is 0.0595. The quantitative estimate of drug-likeness (QED) is 0.879. The van der Waals surface area contributed by atoms with Crippen LogP contribution in [-0.2, 0) is 9.53 Å². The number of amides is 1. The van der Waals surface area contributed by atoms with Gasteiger partial charge in [0.1, 0.15) is 12.1 Å². The van der Waals surface area contributed by atoms with Crippen LogP contribution >= 0.6 is 0 Å². The molecule has 0 aliphatic rings. The number of hydrogen-bond acceptors (Lipinski definition) is 4. The van der Waals surface area contributed by atoms with E-state index in [4.69, 9.17) is 9.15 Å². The van der Waals surface area contributed by atoms with Crippen molar-refractivity contribution < 1.29 is 13.9 Å². The van der Waals surface area contributed by atoms with Crippen molar-refractivity contribution in [1.82, 2.24) is 4.98 Å². The highest BCUT2D eigenvalue weighted by Crippen LogP contribution is 2.19. The Labute approximate surface area is 98.8 Å². The van der Waals surface area contributed by atoms with E-state index in [9.17, 15) is 4.79 Å². The van der Waals surface area contributed by atoms with Gasteiger partial charge in [-0.05, 0) is 19.1 Å². The summed E-state index contributed by atoms with van der Waals surface area (Å²) in [5.74, 6) is 0.431. The maximum Gasteiger partial charge on any atom is 0.250 e. The summed E-state index contributed by atoms with van der Waals surface area (Å²) in [6.45, 7) is 4.21. The number of rotatable bonds is 4. The van der Waals surface area contributed by atoms with Crippen LogP contribution < -0.4 is 5.32 Å². The molecule has 1 N–H and O–H groups in total. The Bertz CT molecular complexity index is 534. The topological polar surface area (TPSA) is 64.4 Å². The van der Waals surface area contributed by atoms with Crippen LogP contribution in [0.4, 0.5) is 5.69 Å². The molecule has 2 aromatic rings. The summed E-state index contributed by atoms with van der Waals surface area (Å²) in [5, 5.41) is 2.73. The van der Waals surface area contributed by atoms with E-state index in [1.807, 2.05) is 13.0 Å². The molecule has 0 saturated heterocycles. The molecule has 0 atom stereocenters. The summed E-state index contributed by atoms with van der Waals surface area (Å²) < 4.78 is 10.4. The number of nitrogens with one attached hydrogen (secondary N) is 1. The third-order valence-electron chi connectivity index (χ3n) is 2.22. The fourth-order valence-corrected chi connectivity index (χ4v) is 1.51. The van der Waals surface area contributed by atoms with Crippen molar-refractivity contribution in [3.63, 3.8) is 0 Å². The van der Waals surface area contributed by atoms with Crippen LogP contribution in [0.2, 0.25) is 0 Å². The summed E-state index contributed by atoms with van der Waals surface area (Å²) in [6.07, 6.45) is 0. The van der Waals surface area contributed by atoms with Crippen molar-refractivity contribution in [2.24, 2.45) is 0 Å². The molecule has 17 heavy (non-hydrogen) atoms. The molecule has 5 heteroatoms. The Kier molecular flexibility index (Phi) is 3.39. The van der Waals surface area contributed by atoms with E-state index >= 15 is 0 Å². The van der Waals surface area contributed by atoms with E-state index in [1.165, 1.54) is 0 Å². The fraction of sp³-hybridized carbons (Fsp3) is 0.333. The van der Waals surface area contributed by atoms with E-state index in [-0.39, 0.29) is 12.5 Å². The number of hydrogen-bond donors (Lipinski definition) is 1. The first kappa shape index (κ1) is 11.6. The molecule has 0 aliphatic carbocycles. The molecule has 5 nitrogen and oxygen atoms in total. The lowest BCUT2D eigenvalue weighted by Gasteiger charge is -2.04. The van der Waals surface area contributed by atoms with Gasteiger partial charge in [-0.15, -0.1) is 0 Å². The van der Waals surface area contributed by atoms with Crippen LogP contribution in [0.15, 0.2) is 22.6 Å².